The molecule has 0 radical (unpaired) electrons. The normalized spacial score (nSPS) is 11.9. The number of aliphatic hydroxyl groups is 1. The van der Waals surface area contributed by atoms with E-state index in [9.17, 15) is 5.11 Å². The Morgan fingerprint density at radius 1 is 1.43 bits per heavy atom. The Morgan fingerprint density at radius 3 is 2.57 bits per heavy atom. The molecule has 0 aliphatic rings. The van der Waals surface area contributed by atoms with Crippen molar-refractivity contribution in [1.82, 2.24) is 0 Å². The molecule has 0 aromatic heterocycles. The van der Waals surface area contributed by atoms with E-state index in [4.69, 9.17) is 28.5 Å². The molecule has 1 aromatic rings. The van der Waals surface area contributed by atoms with Gasteiger partial charge in [-0.05, 0) is 17.7 Å². The molecule has 0 heterocycles. The number of hydrogen-bond donors (Lipinski definition) is 1. The molecule has 0 bridgehead atoms. The van der Waals surface area contributed by atoms with Gasteiger partial charge in [-0.25, -0.2) is 0 Å². The van der Waals surface area contributed by atoms with Crippen LogP contribution in [0.2, 0.25) is 10.0 Å². The Labute approximate surface area is 92.0 Å². The lowest BCUT2D eigenvalue weighted by Gasteiger charge is -2.09. The topological polar surface area (TPSA) is 44.0 Å². The van der Waals surface area contributed by atoms with E-state index >= 15 is 0 Å². The van der Waals surface area contributed by atoms with Gasteiger partial charge in [0.15, 0.2) is 0 Å². The van der Waals surface area contributed by atoms with E-state index in [1.54, 1.807) is 18.2 Å². The third kappa shape index (κ3) is 2.27. The Hall–Kier alpha value is -1.01. The Kier molecular flexibility index (Phi) is 3.54. The molecule has 0 saturated heterocycles. The highest BCUT2D eigenvalue weighted by molar-refractivity contribution is 6.42. The summed E-state index contributed by atoms with van der Waals surface area (Å²) in [6.07, 6.45) is -1.02. The van der Waals surface area contributed by atoms with Crippen molar-refractivity contribution in [2.75, 3.05) is 0 Å². The molecule has 0 amide bonds. The highest BCUT2D eigenvalue weighted by atomic mass is 35.5. The van der Waals surface area contributed by atoms with Gasteiger partial charge in [-0.15, -0.1) is 0 Å². The van der Waals surface area contributed by atoms with Gasteiger partial charge in [-0.2, -0.15) is 5.26 Å². The van der Waals surface area contributed by atoms with Gasteiger partial charge in [0, 0.05) is 0 Å². The number of aliphatic hydroxyl groups excluding tert-OH is 1. The molecular formula is C10H7Cl2NO. The van der Waals surface area contributed by atoms with E-state index in [2.05, 4.69) is 6.58 Å². The van der Waals surface area contributed by atoms with E-state index in [0.717, 1.165) is 0 Å². The summed E-state index contributed by atoms with van der Waals surface area (Å²) in [5.74, 6) is 0. The average Bonchev–Trinajstić information content (AvgIpc) is 2.20. The van der Waals surface area contributed by atoms with Crippen LogP contribution in [0.3, 0.4) is 0 Å². The highest BCUT2D eigenvalue weighted by Gasteiger charge is 2.12. The van der Waals surface area contributed by atoms with Crippen LogP contribution in [0.15, 0.2) is 30.4 Å². The van der Waals surface area contributed by atoms with Gasteiger partial charge in [0.1, 0.15) is 6.10 Å². The molecule has 1 atom stereocenters. The third-order valence-electron chi connectivity index (χ3n) is 1.73. The number of benzene rings is 1. The van der Waals surface area contributed by atoms with Crippen molar-refractivity contribution < 1.29 is 5.11 Å². The lowest BCUT2D eigenvalue weighted by Crippen LogP contribution is -1.98. The Morgan fingerprint density at radius 2 is 2.07 bits per heavy atom. The van der Waals surface area contributed by atoms with Crippen LogP contribution in [0.5, 0.6) is 0 Å². The van der Waals surface area contributed by atoms with Crippen LogP contribution in [0.4, 0.5) is 0 Å². The third-order valence-corrected chi connectivity index (χ3v) is 2.47. The monoisotopic (exact) mass is 227 g/mol. The Balaban J connectivity index is 3.04. The van der Waals surface area contributed by atoms with E-state index in [0.29, 0.717) is 15.6 Å². The van der Waals surface area contributed by atoms with Crippen LogP contribution in [0.1, 0.15) is 11.7 Å². The molecule has 0 spiro atoms. The maximum atomic E-state index is 9.58. The molecule has 14 heavy (non-hydrogen) atoms. The summed E-state index contributed by atoms with van der Waals surface area (Å²) in [5.41, 5.74) is 0.578. The molecule has 0 saturated carbocycles. The Bertz CT molecular complexity index is 409. The molecule has 4 heteroatoms. The maximum Gasteiger partial charge on any atom is 0.113 e. The van der Waals surface area contributed by atoms with Gasteiger partial charge < -0.3 is 5.11 Å². The molecule has 1 N–H and O–H groups in total. The van der Waals surface area contributed by atoms with Crippen molar-refractivity contribution in [2.24, 2.45) is 0 Å². The summed E-state index contributed by atoms with van der Waals surface area (Å²) >= 11 is 11.4. The molecule has 0 unspecified atom stereocenters. The predicted octanol–water partition coefficient (Wildman–Crippen LogP) is 3.11. The maximum absolute atomic E-state index is 9.58. The van der Waals surface area contributed by atoms with E-state index < -0.39 is 6.10 Å². The minimum Gasteiger partial charge on any atom is -0.383 e. The number of nitriles is 1. The first-order chi connectivity index (χ1) is 6.56. The van der Waals surface area contributed by atoms with E-state index in [1.807, 2.05) is 0 Å². The second-order valence-corrected chi connectivity index (χ2v) is 3.53. The van der Waals surface area contributed by atoms with Crippen molar-refractivity contribution in [1.29, 1.82) is 5.26 Å². The molecule has 72 valence electrons. The molecule has 1 aromatic carbocycles. The molecule has 1 rings (SSSR count). The van der Waals surface area contributed by atoms with Crippen LogP contribution in [-0.4, -0.2) is 5.11 Å². The summed E-state index contributed by atoms with van der Waals surface area (Å²) in [5, 5.41) is 18.9. The first-order valence-electron chi connectivity index (χ1n) is 3.78. The lowest BCUT2D eigenvalue weighted by atomic mass is 10.0. The molecule has 0 fully saturated rings. The SMILES string of the molecule is C=C(C#N)[C@H](O)c1ccc(Cl)c(Cl)c1. The van der Waals surface area contributed by atoms with Crippen LogP contribution in [-0.2, 0) is 0 Å². The summed E-state index contributed by atoms with van der Waals surface area (Å²) < 4.78 is 0. The van der Waals surface area contributed by atoms with Crippen molar-refractivity contribution in [3.8, 4) is 6.07 Å². The zero-order valence-corrected chi connectivity index (χ0v) is 8.68. The summed E-state index contributed by atoms with van der Waals surface area (Å²) in [7, 11) is 0. The molecule has 2 nitrogen and oxygen atoms in total. The van der Waals surface area contributed by atoms with E-state index in [-0.39, 0.29) is 5.57 Å². The zero-order valence-electron chi connectivity index (χ0n) is 7.17. The van der Waals surface area contributed by atoms with Crippen LogP contribution < -0.4 is 0 Å². The fourth-order valence-electron chi connectivity index (χ4n) is 0.945. The van der Waals surface area contributed by atoms with Gasteiger partial charge in [0.2, 0.25) is 0 Å². The average molecular weight is 228 g/mol. The summed E-state index contributed by atoms with van der Waals surface area (Å²) in [6.45, 7) is 3.41. The van der Waals surface area contributed by atoms with Crippen molar-refractivity contribution in [2.45, 2.75) is 6.10 Å². The highest BCUT2D eigenvalue weighted by Crippen LogP contribution is 2.27. The van der Waals surface area contributed by atoms with Crippen molar-refractivity contribution >= 4 is 23.2 Å². The number of hydrogen-bond acceptors (Lipinski definition) is 2. The fourth-order valence-corrected chi connectivity index (χ4v) is 1.25. The zero-order chi connectivity index (χ0) is 10.7. The standard InChI is InChI=1S/C10H7Cl2NO/c1-6(5-13)10(14)7-2-3-8(11)9(12)4-7/h2-4,10,14H,1H2/t10-/m0/s1. The summed E-state index contributed by atoms with van der Waals surface area (Å²) in [4.78, 5) is 0. The van der Waals surface area contributed by atoms with Crippen molar-refractivity contribution in [3.05, 3.63) is 46.0 Å². The number of nitrogens with zero attached hydrogens (tertiary/aromatic N) is 1. The number of rotatable bonds is 2. The van der Waals surface area contributed by atoms with Gasteiger partial charge >= 0.3 is 0 Å². The smallest absolute Gasteiger partial charge is 0.113 e. The lowest BCUT2D eigenvalue weighted by molar-refractivity contribution is 0.221. The van der Waals surface area contributed by atoms with Crippen LogP contribution in [0, 0.1) is 11.3 Å². The minimum absolute atomic E-state index is 0.0726. The van der Waals surface area contributed by atoms with E-state index in [1.165, 1.54) is 6.07 Å². The largest absolute Gasteiger partial charge is 0.383 e. The predicted molar refractivity (Wildman–Crippen MR) is 56.2 cm³/mol. The minimum atomic E-state index is -1.02. The molecular weight excluding hydrogens is 221 g/mol. The van der Waals surface area contributed by atoms with Crippen LogP contribution >= 0.6 is 23.2 Å². The first kappa shape index (κ1) is 11.1. The van der Waals surface area contributed by atoms with Gasteiger partial charge in [0.05, 0.1) is 21.7 Å². The fraction of sp³-hybridized carbons (Fsp3) is 0.100. The second kappa shape index (κ2) is 4.47. The first-order valence-corrected chi connectivity index (χ1v) is 4.53. The van der Waals surface area contributed by atoms with Gasteiger partial charge in [-0.1, -0.05) is 35.8 Å². The number of halogens is 2. The summed E-state index contributed by atoms with van der Waals surface area (Å²) in [6, 6.07) is 6.45. The van der Waals surface area contributed by atoms with Gasteiger partial charge in [-0.3, -0.25) is 0 Å². The van der Waals surface area contributed by atoms with Crippen LogP contribution in [0.25, 0.3) is 0 Å². The van der Waals surface area contributed by atoms with Gasteiger partial charge in [0.25, 0.3) is 0 Å². The molecule has 0 aliphatic heterocycles. The van der Waals surface area contributed by atoms with Crippen molar-refractivity contribution in [3.63, 3.8) is 0 Å². The molecule has 0 aliphatic carbocycles. The quantitative estimate of drug-likeness (QED) is 0.790. The second-order valence-electron chi connectivity index (χ2n) is 2.71.